The van der Waals surface area contributed by atoms with Crippen molar-refractivity contribution < 1.29 is 9.53 Å². The third-order valence-corrected chi connectivity index (χ3v) is 4.54. The summed E-state index contributed by atoms with van der Waals surface area (Å²) in [6, 6.07) is 15.3. The van der Waals surface area contributed by atoms with Gasteiger partial charge in [-0.25, -0.2) is 0 Å². The Bertz CT molecular complexity index is 780. The lowest BCUT2D eigenvalue weighted by Crippen LogP contribution is -2.28. The molecule has 0 aromatic heterocycles. The molecule has 0 unspecified atom stereocenters. The zero-order valence-corrected chi connectivity index (χ0v) is 16.5. The first-order chi connectivity index (χ1) is 12.5. The smallest absolute Gasteiger partial charge is 0.224 e. The van der Waals surface area contributed by atoms with E-state index in [1.165, 1.54) is 0 Å². The number of guanidine groups is 1. The van der Waals surface area contributed by atoms with Crippen molar-refractivity contribution in [2.75, 3.05) is 26.0 Å². The van der Waals surface area contributed by atoms with Gasteiger partial charge < -0.3 is 20.7 Å². The van der Waals surface area contributed by atoms with Crippen LogP contribution in [-0.4, -0.2) is 37.5 Å². The lowest BCUT2D eigenvalue weighted by molar-refractivity contribution is -0.130. The normalized spacial score (nSPS) is 11.1. The van der Waals surface area contributed by atoms with Crippen LogP contribution >= 0.6 is 15.9 Å². The number of aliphatic imine (C=N–C) groups is 1. The van der Waals surface area contributed by atoms with E-state index < -0.39 is 0 Å². The molecule has 138 valence electrons. The first-order valence-corrected chi connectivity index (χ1v) is 8.98. The molecule has 0 fully saturated rings. The molecular weight excluding hydrogens is 396 g/mol. The topological polar surface area (TPSA) is 80.0 Å². The number of nitrogens with zero attached hydrogens (tertiary/aromatic N) is 2. The van der Waals surface area contributed by atoms with E-state index in [2.05, 4.69) is 26.2 Å². The third kappa shape index (κ3) is 5.77. The second-order valence-corrected chi connectivity index (χ2v) is 6.54. The van der Waals surface area contributed by atoms with Crippen LogP contribution in [0.25, 0.3) is 0 Å². The van der Waals surface area contributed by atoms with E-state index in [1.807, 2.05) is 48.5 Å². The molecule has 0 radical (unpaired) electrons. The summed E-state index contributed by atoms with van der Waals surface area (Å²) in [5.74, 6) is 0.931. The van der Waals surface area contributed by atoms with E-state index in [0.29, 0.717) is 18.8 Å². The summed E-state index contributed by atoms with van der Waals surface area (Å²) >= 11 is 3.49. The van der Waals surface area contributed by atoms with Crippen molar-refractivity contribution in [3.8, 4) is 5.75 Å². The van der Waals surface area contributed by atoms with Crippen LogP contribution in [0.3, 0.4) is 0 Å². The summed E-state index contributed by atoms with van der Waals surface area (Å²) < 4.78 is 6.24. The van der Waals surface area contributed by atoms with Crippen molar-refractivity contribution in [2.24, 2.45) is 10.7 Å². The molecular formula is C19H23BrN4O2. The molecule has 2 aromatic carbocycles. The Morgan fingerprint density at radius 3 is 2.65 bits per heavy atom. The summed E-state index contributed by atoms with van der Waals surface area (Å²) in [7, 11) is 3.37. The highest BCUT2D eigenvalue weighted by Gasteiger charge is 2.10. The number of carbonyl (C=O) groups is 1. The van der Waals surface area contributed by atoms with Gasteiger partial charge in [-0.15, -0.1) is 0 Å². The van der Waals surface area contributed by atoms with Gasteiger partial charge in [0.25, 0.3) is 0 Å². The van der Waals surface area contributed by atoms with E-state index in [1.54, 1.807) is 19.1 Å². The fourth-order valence-corrected chi connectivity index (χ4v) is 2.77. The number of hydrogen-bond donors (Lipinski definition) is 2. The minimum atomic E-state index is 0.00888. The number of amides is 1. The molecule has 2 aromatic rings. The van der Waals surface area contributed by atoms with Gasteiger partial charge in [-0.3, -0.25) is 9.79 Å². The van der Waals surface area contributed by atoms with Crippen LogP contribution < -0.4 is 15.8 Å². The second kappa shape index (κ2) is 9.82. The number of rotatable bonds is 7. The number of anilines is 1. The van der Waals surface area contributed by atoms with Gasteiger partial charge in [0.1, 0.15) is 5.75 Å². The van der Waals surface area contributed by atoms with Crippen molar-refractivity contribution in [1.29, 1.82) is 0 Å². The van der Waals surface area contributed by atoms with Crippen molar-refractivity contribution in [3.05, 3.63) is 58.6 Å². The van der Waals surface area contributed by atoms with Gasteiger partial charge in [-0.1, -0.05) is 46.3 Å². The molecule has 0 atom stereocenters. The molecule has 0 saturated carbocycles. The largest absolute Gasteiger partial charge is 0.495 e. The molecule has 0 heterocycles. The molecule has 0 aliphatic rings. The molecule has 6 nitrogen and oxygen atoms in total. The quantitative estimate of drug-likeness (QED) is 0.534. The third-order valence-electron chi connectivity index (χ3n) is 3.77. The Morgan fingerprint density at radius 1 is 1.23 bits per heavy atom. The Kier molecular flexibility index (Phi) is 7.47. The van der Waals surface area contributed by atoms with E-state index in [-0.39, 0.29) is 18.3 Å². The fraction of sp³-hybridized carbons (Fsp3) is 0.263. The van der Waals surface area contributed by atoms with E-state index >= 15 is 0 Å². The maximum atomic E-state index is 12.3. The number of carbonyl (C=O) groups excluding carboxylic acids is 1. The molecule has 0 spiro atoms. The van der Waals surface area contributed by atoms with Crippen molar-refractivity contribution in [1.82, 2.24) is 4.90 Å². The lowest BCUT2D eigenvalue weighted by atomic mass is 10.2. The van der Waals surface area contributed by atoms with Crippen LogP contribution in [0.2, 0.25) is 0 Å². The average Bonchev–Trinajstić information content (AvgIpc) is 2.64. The summed E-state index contributed by atoms with van der Waals surface area (Å²) in [6.07, 6.45) is 0.287. The van der Waals surface area contributed by atoms with Crippen LogP contribution in [0, 0.1) is 0 Å². The number of halogens is 1. The number of benzene rings is 2. The van der Waals surface area contributed by atoms with E-state index in [4.69, 9.17) is 10.5 Å². The van der Waals surface area contributed by atoms with Gasteiger partial charge in [0.2, 0.25) is 5.91 Å². The SMILES string of the molecule is COc1ccccc1NC(N)=NCCC(=O)N(C)Cc1ccccc1Br. The van der Waals surface area contributed by atoms with Crippen LogP contribution in [0.4, 0.5) is 5.69 Å². The van der Waals surface area contributed by atoms with Gasteiger partial charge >= 0.3 is 0 Å². The Morgan fingerprint density at radius 2 is 1.92 bits per heavy atom. The summed E-state index contributed by atoms with van der Waals surface area (Å²) in [6.45, 7) is 0.853. The number of hydrogen-bond acceptors (Lipinski definition) is 3. The highest BCUT2D eigenvalue weighted by molar-refractivity contribution is 9.10. The van der Waals surface area contributed by atoms with Crippen LogP contribution in [0.15, 0.2) is 58.0 Å². The molecule has 0 bridgehead atoms. The summed E-state index contributed by atoms with van der Waals surface area (Å²) in [4.78, 5) is 18.2. The van der Waals surface area contributed by atoms with Gasteiger partial charge in [-0.05, 0) is 23.8 Å². The maximum Gasteiger partial charge on any atom is 0.224 e. The maximum absolute atomic E-state index is 12.3. The lowest BCUT2D eigenvalue weighted by Gasteiger charge is -2.17. The number of ether oxygens (including phenoxy) is 1. The van der Waals surface area contributed by atoms with Crippen molar-refractivity contribution in [3.63, 3.8) is 0 Å². The number of methoxy groups -OCH3 is 1. The van der Waals surface area contributed by atoms with Gasteiger partial charge in [-0.2, -0.15) is 0 Å². The Balaban J connectivity index is 1.84. The van der Waals surface area contributed by atoms with Gasteiger partial charge in [0.05, 0.1) is 19.3 Å². The standard InChI is InChI=1S/C19H23BrN4O2/c1-24(13-14-7-3-4-8-15(14)20)18(25)11-12-22-19(21)23-16-9-5-6-10-17(16)26-2/h3-10H,11-13H2,1-2H3,(H3,21,22,23). The van der Waals surface area contributed by atoms with Crippen LogP contribution in [-0.2, 0) is 11.3 Å². The first kappa shape index (κ1) is 19.8. The van der Waals surface area contributed by atoms with Crippen molar-refractivity contribution in [2.45, 2.75) is 13.0 Å². The summed E-state index contributed by atoms with van der Waals surface area (Å²) in [5, 5.41) is 2.98. The zero-order chi connectivity index (χ0) is 18.9. The number of para-hydroxylation sites is 2. The summed E-state index contributed by atoms with van der Waals surface area (Å²) in [5.41, 5.74) is 7.68. The molecule has 1 amide bonds. The highest BCUT2D eigenvalue weighted by atomic mass is 79.9. The molecule has 0 saturated heterocycles. The Labute approximate surface area is 162 Å². The molecule has 26 heavy (non-hydrogen) atoms. The monoisotopic (exact) mass is 418 g/mol. The molecule has 0 aliphatic heterocycles. The molecule has 0 aliphatic carbocycles. The van der Waals surface area contributed by atoms with Crippen LogP contribution in [0.1, 0.15) is 12.0 Å². The van der Waals surface area contributed by atoms with E-state index in [0.717, 1.165) is 15.7 Å². The first-order valence-electron chi connectivity index (χ1n) is 8.18. The van der Waals surface area contributed by atoms with Crippen LogP contribution in [0.5, 0.6) is 5.75 Å². The van der Waals surface area contributed by atoms with E-state index in [9.17, 15) is 4.79 Å². The Hall–Kier alpha value is -2.54. The average molecular weight is 419 g/mol. The minimum Gasteiger partial charge on any atom is -0.495 e. The minimum absolute atomic E-state index is 0.00888. The predicted molar refractivity (Wildman–Crippen MR) is 108 cm³/mol. The number of nitrogens with two attached hydrogens (primary N) is 1. The van der Waals surface area contributed by atoms with Crippen molar-refractivity contribution >= 4 is 33.5 Å². The number of nitrogens with one attached hydrogen (secondary N) is 1. The zero-order valence-electron chi connectivity index (χ0n) is 14.9. The predicted octanol–water partition coefficient (Wildman–Crippen LogP) is 3.23. The second-order valence-electron chi connectivity index (χ2n) is 5.68. The molecule has 3 N–H and O–H groups in total. The van der Waals surface area contributed by atoms with Gasteiger partial charge in [0.15, 0.2) is 5.96 Å². The molecule has 7 heteroatoms. The highest BCUT2D eigenvalue weighted by Crippen LogP contribution is 2.22. The fourth-order valence-electron chi connectivity index (χ4n) is 2.36. The van der Waals surface area contributed by atoms with Gasteiger partial charge in [0, 0.05) is 24.5 Å². The molecule has 2 rings (SSSR count).